The maximum Gasteiger partial charge on any atom is 0.410 e. The van der Waals surface area contributed by atoms with Crippen LogP contribution in [0.1, 0.15) is 45.1 Å². The quantitative estimate of drug-likeness (QED) is 0.767. The average molecular weight is 397 g/mol. The van der Waals surface area contributed by atoms with Crippen LogP contribution in [0, 0.1) is 5.41 Å². The van der Waals surface area contributed by atoms with Crippen LogP contribution in [-0.2, 0) is 21.4 Å². The van der Waals surface area contributed by atoms with Crippen molar-refractivity contribution in [3.8, 4) is 5.75 Å². The standard InChI is InChI=1S/C19H27NO6S/c1-14(27(22,23)24)18(2)9-4-10-19(12-18)13-20(17(21)26-19)11-15-5-7-16(25-3)8-6-15/h5-8,14H,4,9-13H2,1-3H3,(H,22,23,24). The molecule has 1 aromatic carbocycles. The summed E-state index contributed by atoms with van der Waals surface area (Å²) in [5.74, 6) is 0.751. The molecule has 1 aliphatic heterocycles. The molecule has 1 aliphatic carbocycles. The third-order valence-electron chi connectivity index (χ3n) is 6.11. The molecule has 1 saturated carbocycles. The second kappa shape index (κ2) is 6.98. The minimum Gasteiger partial charge on any atom is -0.497 e. The molecular weight excluding hydrogens is 370 g/mol. The van der Waals surface area contributed by atoms with Crippen molar-refractivity contribution in [1.82, 2.24) is 4.90 Å². The second-order valence-electron chi connectivity index (χ2n) is 8.10. The van der Waals surface area contributed by atoms with Gasteiger partial charge in [0.25, 0.3) is 10.1 Å². The highest BCUT2D eigenvalue weighted by Crippen LogP contribution is 2.49. The number of nitrogens with zero attached hydrogens (tertiary/aromatic N) is 1. The normalized spacial score (nSPS) is 29.6. The van der Waals surface area contributed by atoms with E-state index >= 15 is 0 Å². The summed E-state index contributed by atoms with van der Waals surface area (Å²) in [6.45, 7) is 4.23. The van der Waals surface area contributed by atoms with Crippen molar-refractivity contribution in [1.29, 1.82) is 0 Å². The maximum absolute atomic E-state index is 12.5. The van der Waals surface area contributed by atoms with Crippen LogP contribution in [0.4, 0.5) is 4.79 Å². The molecule has 1 N–H and O–H groups in total. The first-order valence-electron chi connectivity index (χ1n) is 9.14. The van der Waals surface area contributed by atoms with Crippen LogP contribution in [0.15, 0.2) is 24.3 Å². The Morgan fingerprint density at radius 3 is 2.56 bits per heavy atom. The van der Waals surface area contributed by atoms with E-state index < -0.39 is 26.4 Å². The van der Waals surface area contributed by atoms with E-state index in [1.165, 1.54) is 6.92 Å². The van der Waals surface area contributed by atoms with Gasteiger partial charge in [-0.2, -0.15) is 8.42 Å². The second-order valence-corrected chi connectivity index (χ2v) is 9.83. The summed E-state index contributed by atoms with van der Waals surface area (Å²) < 4.78 is 43.8. The Morgan fingerprint density at radius 1 is 1.30 bits per heavy atom. The fourth-order valence-corrected chi connectivity index (χ4v) is 5.34. The van der Waals surface area contributed by atoms with E-state index in [0.29, 0.717) is 32.4 Å². The van der Waals surface area contributed by atoms with Gasteiger partial charge in [0.1, 0.15) is 11.4 Å². The van der Waals surface area contributed by atoms with Gasteiger partial charge in [0, 0.05) is 6.54 Å². The summed E-state index contributed by atoms with van der Waals surface area (Å²) in [6.07, 6.45) is 2.16. The minimum absolute atomic E-state index is 0.380. The minimum atomic E-state index is -4.16. The first-order chi connectivity index (χ1) is 12.6. The average Bonchev–Trinajstić information content (AvgIpc) is 2.88. The highest BCUT2D eigenvalue weighted by atomic mass is 32.2. The zero-order valence-corrected chi connectivity index (χ0v) is 16.8. The van der Waals surface area contributed by atoms with Gasteiger partial charge in [-0.05, 0) is 55.7 Å². The summed E-state index contributed by atoms with van der Waals surface area (Å²) in [5.41, 5.74) is -0.368. The summed E-state index contributed by atoms with van der Waals surface area (Å²) in [5, 5.41) is -0.906. The molecule has 2 fully saturated rings. The van der Waals surface area contributed by atoms with E-state index in [4.69, 9.17) is 9.47 Å². The van der Waals surface area contributed by atoms with Crippen molar-refractivity contribution < 1.29 is 27.2 Å². The fraction of sp³-hybridized carbons (Fsp3) is 0.632. The van der Waals surface area contributed by atoms with Gasteiger partial charge in [-0.3, -0.25) is 9.45 Å². The van der Waals surface area contributed by atoms with Crippen LogP contribution in [0.5, 0.6) is 5.75 Å². The van der Waals surface area contributed by atoms with Gasteiger partial charge in [-0.1, -0.05) is 19.1 Å². The molecule has 0 bridgehead atoms. The highest BCUT2D eigenvalue weighted by Gasteiger charge is 2.54. The largest absolute Gasteiger partial charge is 0.497 e. The summed E-state index contributed by atoms with van der Waals surface area (Å²) in [4.78, 5) is 14.1. The zero-order chi connectivity index (χ0) is 19.9. The van der Waals surface area contributed by atoms with Gasteiger partial charge in [0.05, 0.1) is 18.9 Å². The molecule has 0 aromatic heterocycles. The van der Waals surface area contributed by atoms with Crippen LogP contribution in [-0.4, -0.2) is 48.5 Å². The van der Waals surface area contributed by atoms with E-state index in [1.54, 1.807) is 12.0 Å². The number of rotatable bonds is 5. The molecule has 1 amide bonds. The monoisotopic (exact) mass is 397 g/mol. The molecule has 3 rings (SSSR count). The molecule has 0 radical (unpaired) electrons. The molecule has 3 atom stereocenters. The summed E-state index contributed by atoms with van der Waals surface area (Å²) in [7, 11) is -2.55. The van der Waals surface area contributed by atoms with E-state index in [-0.39, 0.29) is 6.09 Å². The number of methoxy groups -OCH3 is 1. The SMILES string of the molecule is COc1ccc(CN2CC3(CCCC(C)(C(C)S(=O)(=O)O)C3)OC2=O)cc1. The van der Waals surface area contributed by atoms with Gasteiger partial charge >= 0.3 is 6.09 Å². The van der Waals surface area contributed by atoms with E-state index in [1.807, 2.05) is 31.2 Å². The molecular formula is C19H27NO6S. The molecule has 1 aromatic rings. The summed E-state index contributed by atoms with van der Waals surface area (Å²) in [6, 6.07) is 7.50. The highest BCUT2D eigenvalue weighted by molar-refractivity contribution is 7.86. The van der Waals surface area contributed by atoms with Gasteiger partial charge in [0.15, 0.2) is 0 Å². The van der Waals surface area contributed by atoms with Crippen LogP contribution < -0.4 is 4.74 Å². The number of amides is 1. The van der Waals surface area contributed by atoms with Crippen LogP contribution in [0.25, 0.3) is 0 Å². The van der Waals surface area contributed by atoms with Gasteiger partial charge < -0.3 is 9.47 Å². The van der Waals surface area contributed by atoms with Crippen molar-refractivity contribution in [2.75, 3.05) is 13.7 Å². The Bertz CT molecular complexity index is 808. The fourth-order valence-electron chi connectivity index (χ4n) is 4.42. The van der Waals surface area contributed by atoms with Crippen LogP contribution in [0.3, 0.4) is 0 Å². The lowest BCUT2D eigenvalue weighted by Crippen LogP contribution is -2.49. The Balaban J connectivity index is 1.74. The predicted molar refractivity (Wildman–Crippen MR) is 100 cm³/mol. The molecule has 8 heteroatoms. The van der Waals surface area contributed by atoms with E-state index in [9.17, 15) is 17.8 Å². The van der Waals surface area contributed by atoms with Gasteiger partial charge in [-0.25, -0.2) is 4.79 Å². The smallest absolute Gasteiger partial charge is 0.410 e. The van der Waals surface area contributed by atoms with Crippen molar-refractivity contribution in [2.24, 2.45) is 5.41 Å². The number of ether oxygens (including phenoxy) is 2. The Morgan fingerprint density at radius 2 is 1.96 bits per heavy atom. The Labute approximate surface area is 160 Å². The molecule has 27 heavy (non-hydrogen) atoms. The Hall–Kier alpha value is -1.80. The first kappa shape index (κ1) is 19.9. The number of benzene rings is 1. The Kier molecular flexibility index (Phi) is 5.16. The number of carbonyl (C=O) groups excluding carboxylic acids is 1. The van der Waals surface area contributed by atoms with E-state index in [0.717, 1.165) is 17.7 Å². The first-order valence-corrected chi connectivity index (χ1v) is 10.6. The molecule has 2 aliphatic rings. The topological polar surface area (TPSA) is 93.1 Å². The van der Waals surface area contributed by atoms with Gasteiger partial charge in [-0.15, -0.1) is 0 Å². The van der Waals surface area contributed by atoms with E-state index in [2.05, 4.69) is 0 Å². The lowest BCUT2D eigenvalue weighted by atomic mass is 9.67. The lowest BCUT2D eigenvalue weighted by molar-refractivity contribution is -0.0223. The molecule has 1 spiro atoms. The molecule has 150 valence electrons. The number of hydrogen-bond acceptors (Lipinski definition) is 5. The van der Waals surface area contributed by atoms with Crippen molar-refractivity contribution in [3.63, 3.8) is 0 Å². The third kappa shape index (κ3) is 4.06. The summed E-state index contributed by atoms with van der Waals surface area (Å²) >= 11 is 0. The van der Waals surface area contributed by atoms with Gasteiger partial charge in [0.2, 0.25) is 0 Å². The zero-order valence-electron chi connectivity index (χ0n) is 16.0. The van der Waals surface area contributed by atoms with Crippen LogP contribution >= 0.6 is 0 Å². The van der Waals surface area contributed by atoms with Crippen molar-refractivity contribution in [3.05, 3.63) is 29.8 Å². The number of hydrogen-bond donors (Lipinski definition) is 1. The third-order valence-corrected chi connectivity index (χ3v) is 7.57. The van der Waals surface area contributed by atoms with Crippen LogP contribution in [0.2, 0.25) is 0 Å². The number of carbonyl (C=O) groups is 1. The molecule has 7 nitrogen and oxygen atoms in total. The molecule has 1 heterocycles. The molecule has 3 unspecified atom stereocenters. The lowest BCUT2D eigenvalue weighted by Gasteiger charge is -2.45. The maximum atomic E-state index is 12.5. The molecule has 1 saturated heterocycles. The predicted octanol–water partition coefficient (Wildman–Crippen LogP) is 3.24. The van der Waals surface area contributed by atoms with Crippen molar-refractivity contribution >= 4 is 16.2 Å². The van der Waals surface area contributed by atoms with Crippen molar-refractivity contribution in [2.45, 2.75) is 56.9 Å².